The predicted molar refractivity (Wildman–Crippen MR) is 87.8 cm³/mol. The van der Waals surface area contributed by atoms with Crippen molar-refractivity contribution in [2.75, 3.05) is 5.32 Å². The number of benzene rings is 2. The minimum atomic E-state index is -0.487. The van der Waals surface area contributed by atoms with Crippen LogP contribution in [0.1, 0.15) is 5.56 Å². The van der Waals surface area contributed by atoms with E-state index < -0.39 is 5.82 Å². The van der Waals surface area contributed by atoms with Crippen molar-refractivity contribution in [3.8, 4) is 11.3 Å². The van der Waals surface area contributed by atoms with Crippen LogP contribution in [0.2, 0.25) is 5.02 Å². The third-order valence-corrected chi connectivity index (χ3v) is 3.71. The summed E-state index contributed by atoms with van der Waals surface area (Å²) < 4.78 is 13.7. The van der Waals surface area contributed by atoms with Gasteiger partial charge >= 0.3 is 0 Å². The molecule has 4 nitrogen and oxygen atoms in total. The van der Waals surface area contributed by atoms with Crippen molar-refractivity contribution in [1.82, 2.24) is 10.2 Å². The van der Waals surface area contributed by atoms with Crippen LogP contribution in [0.15, 0.2) is 54.7 Å². The SMILES string of the molecule is O=C(Cc1c(F)cccc1Cl)Nc1cccc(-c2ccn[nH]2)c1. The van der Waals surface area contributed by atoms with Gasteiger partial charge < -0.3 is 5.32 Å². The first kappa shape index (κ1) is 15.2. The Bertz CT molecular complexity index is 813. The van der Waals surface area contributed by atoms with Crippen molar-refractivity contribution in [3.05, 3.63) is 71.1 Å². The molecule has 0 atom stereocenters. The number of hydrogen-bond acceptors (Lipinski definition) is 2. The van der Waals surface area contributed by atoms with Crippen molar-refractivity contribution >= 4 is 23.2 Å². The van der Waals surface area contributed by atoms with E-state index >= 15 is 0 Å². The lowest BCUT2D eigenvalue weighted by Gasteiger charge is -2.08. The Morgan fingerprint density at radius 2 is 2.04 bits per heavy atom. The van der Waals surface area contributed by atoms with E-state index in [1.165, 1.54) is 12.1 Å². The quantitative estimate of drug-likeness (QED) is 0.758. The molecule has 0 radical (unpaired) electrons. The number of aromatic nitrogens is 2. The maximum absolute atomic E-state index is 13.7. The molecule has 2 N–H and O–H groups in total. The van der Waals surface area contributed by atoms with Crippen LogP contribution in [-0.2, 0) is 11.2 Å². The minimum absolute atomic E-state index is 0.125. The average molecular weight is 330 g/mol. The molecule has 1 amide bonds. The number of halogens is 2. The van der Waals surface area contributed by atoms with Crippen molar-refractivity contribution in [2.45, 2.75) is 6.42 Å². The molecule has 2 aromatic carbocycles. The number of amides is 1. The van der Waals surface area contributed by atoms with Crippen LogP contribution in [0, 0.1) is 5.82 Å². The topological polar surface area (TPSA) is 57.8 Å². The number of nitrogens with one attached hydrogen (secondary N) is 2. The largest absolute Gasteiger partial charge is 0.326 e. The summed E-state index contributed by atoms with van der Waals surface area (Å²) in [7, 11) is 0. The summed E-state index contributed by atoms with van der Waals surface area (Å²) in [6, 6.07) is 13.5. The van der Waals surface area contributed by atoms with Crippen molar-refractivity contribution in [2.24, 2.45) is 0 Å². The fourth-order valence-electron chi connectivity index (χ4n) is 2.25. The number of H-pyrrole nitrogens is 1. The van der Waals surface area contributed by atoms with Crippen molar-refractivity contribution in [1.29, 1.82) is 0 Å². The molecule has 0 aliphatic heterocycles. The summed E-state index contributed by atoms with van der Waals surface area (Å²) in [6.07, 6.45) is 1.53. The molecule has 6 heteroatoms. The third kappa shape index (κ3) is 3.57. The fourth-order valence-corrected chi connectivity index (χ4v) is 2.48. The highest BCUT2D eigenvalue weighted by atomic mass is 35.5. The highest BCUT2D eigenvalue weighted by molar-refractivity contribution is 6.31. The summed E-state index contributed by atoms with van der Waals surface area (Å²) in [5, 5.41) is 9.75. The van der Waals surface area contributed by atoms with Crippen LogP contribution in [-0.4, -0.2) is 16.1 Å². The zero-order valence-corrected chi connectivity index (χ0v) is 12.8. The lowest BCUT2D eigenvalue weighted by atomic mass is 10.1. The van der Waals surface area contributed by atoms with Crippen molar-refractivity contribution < 1.29 is 9.18 Å². The van der Waals surface area contributed by atoms with E-state index in [4.69, 9.17) is 11.6 Å². The molecule has 3 aromatic rings. The predicted octanol–water partition coefficient (Wildman–Crippen LogP) is 4.05. The third-order valence-electron chi connectivity index (χ3n) is 3.36. The van der Waals surface area contributed by atoms with E-state index in [-0.39, 0.29) is 22.9 Å². The van der Waals surface area contributed by atoms with Crippen molar-refractivity contribution in [3.63, 3.8) is 0 Å². The molecule has 0 aliphatic carbocycles. The average Bonchev–Trinajstić information content (AvgIpc) is 3.06. The normalized spacial score (nSPS) is 10.5. The second kappa shape index (κ2) is 6.62. The van der Waals surface area contributed by atoms with Gasteiger partial charge in [-0.2, -0.15) is 5.10 Å². The monoisotopic (exact) mass is 329 g/mol. The molecular formula is C17H13ClFN3O. The zero-order chi connectivity index (χ0) is 16.2. The number of aromatic amines is 1. The molecule has 23 heavy (non-hydrogen) atoms. The van der Waals surface area contributed by atoms with Crippen LogP contribution >= 0.6 is 11.6 Å². The van der Waals surface area contributed by atoms with E-state index in [0.29, 0.717) is 5.69 Å². The first-order valence-corrected chi connectivity index (χ1v) is 7.34. The standard InChI is InChI=1S/C17H13ClFN3O/c18-14-5-2-6-15(19)13(14)10-17(23)21-12-4-1-3-11(9-12)16-7-8-20-22-16/h1-9H,10H2,(H,20,22)(H,21,23). The summed E-state index contributed by atoms with van der Waals surface area (Å²) in [5.74, 6) is -0.822. The number of anilines is 1. The first-order valence-electron chi connectivity index (χ1n) is 6.96. The second-order valence-electron chi connectivity index (χ2n) is 4.98. The van der Waals surface area contributed by atoms with Gasteiger partial charge in [-0.05, 0) is 30.3 Å². The Labute approximate surface area is 137 Å². The molecular weight excluding hydrogens is 317 g/mol. The zero-order valence-electron chi connectivity index (χ0n) is 12.0. The Hall–Kier alpha value is -2.66. The van der Waals surface area contributed by atoms with Gasteiger partial charge in [0.1, 0.15) is 5.82 Å². The first-order chi connectivity index (χ1) is 11.1. The summed E-state index contributed by atoms with van der Waals surface area (Å²) in [4.78, 5) is 12.1. The maximum atomic E-state index is 13.7. The van der Waals surface area contributed by atoms with E-state index in [2.05, 4.69) is 15.5 Å². The molecule has 0 unspecified atom stereocenters. The summed E-state index contributed by atoms with van der Waals surface area (Å²) >= 11 is 5.94. The molecule has 0 spiro atoms. The lowest BCUT2D eigenvalue weighted by molar-refractivity contribution is -0.115. The van der Waals surface area contributed by atoms with Gasteiger partial charge in [0.2, 0.25) is 5.91 Å². The molecule has 0 aliphatic rings. The van der Waals surface area contributed by atoms with E-state index in [0.717, 1.165) is 11.3 Å². The highest BCUT2D eigenvalue weighted by Crippen LogP contribution is 2.22. The Morgan fingerprint density at radius 3 is 2.78 bits per heavy atom. The molecule has 1 heterocycles. The van der Waals surface area contributed by atoms with Gasteiger partial charge in [-0.15, -0.1) is 0 Å². The Morgan fingerprint density at radius 1 is 1.22 bits per heavy atom. The van der Waals surface area contributed by atoms with E-state index in [1.54, 1.807) is 18.3 Å². The minimum Gasteiger partial charge on any atom is -0.326 e. The summed E-state index contributed by atoms with van der Waals surface area (Å²) in [6.45, 7) is 0. The molecule has 0 saturated carbocycles. The lowest BCUT2D eigenvalue weighted by Crippen LogP contribution is -2.15. The van der Waals surface area contributed by atoms with Crippen LogP contribution < -0.4 is 5.32 Å². The Kier molecular flexibility index (Phi) is 4.39. The Balaban J connectivity index is 1.75. The number of carbonyl (C=O) groups excluding carboxylic acids is 1. The second-order valence-corrected chi connectivity index (χ2v) is 5.38. The molecule has 0 bridgehead atoms. The molecule has 3 rings (SSSR count). The number of hydrogen-bond donors (Lipinski definition) is 2. The van der Waals surface area contributed by atoms with Gasteiger partial charge in [0.25, 0.3) is 0 Å². The van der Waals surface area contributed by atoms with Crippen LogP contribution in [0.5, 0.6) is 0 Å². The number of nitrogens with zero attached hydrogens (tertiary/aromatic N) is 1. The molecule has 0 saturated heterocycles. The van der Waals surface area contributed by atoms with Gasteiger partial charge in [0.05, 0.1) is 12.1 Å². The number of rotatable bonds is 4. The van der Waals surface area contributed by atoms with E-state index in [9.17, 15) is 9.18 Å². The number of carbonyl (C=O) groups is 1. The smallest absolute Gasteiger partial charge is 0.228 e. The molecule has 116 valence electrons. The van der Waals surface area contributed by atoms with Crippen LogP contribution in [0.3, 0.4) is 0 Å². The highest BCUT2D eigenvalue weighted by Gasteiger charge is 2.12. The van der Waals surface area contributed by atoms with Crippen LogP contribution in [0.4, 0.5) is 10.1 Å². The van der Waals surface area contributed by atoms with Gasteiger partial charge in [-0.1, -0.05) is 29.8 Å². The van der Waals surface area contributed by atoms with Gasteiger partial charge in [0, 0.05) is 28.0 Å². The fraction of sp³-hybridized carbons (Fsp3) is 0.0588. The van der Waals surface area contributed by atoms with E-state index in [1.807, 2.05) is 24.3 Å². The summed E-state index contributed by atoms with van der Waals surface area (Å²) in [5.41, 5.74) is 2.55. The van der Waals surface area contributed by atoms with Crippen LogP contribution in [0.25, 0.3) is 11.3 Å². The molecule has 1 aromatic heterocycles. The van der Waals surface area contributed by atoms with Gasteiger partial charge in [-0.3, -0.25) is 9.89 Å². The van der Waals surface area contributed by atoms with Gasteiger partial charge in [-0.25, -0.2) is 4.39 Å². The molecule has 0 fully saturated rings. The maximum Gasteiger partial charge on any atom is 0.228 e. The van der Waals surface area contributed by atoms with Gasteiger partial charge in [0.15, 0.2) is 0 Å².